The lowest BCUT2D eigenvalue weighted by Crippen LogP contribution is -2.34. The van der Waals surface area contributed by atoms with E-state index in [1.807, 2.05) is 45.9 Å². The number of nitrogens with two attached hydrogens (primary N) is 1. The Morgan fingerprint density at radius 1 is 1.28 bits per heavy atom. The first-order valence-corrected chi connectivity index (χ1v) is 13.3. The van der Waals surface area contributed by atoms with E-state index in [1.54, 1.807) is 13.1 Å². The number of nitrogens with zero attached hydrogens (tertiary/aromatic N) is 3. The smallest absolute Gasteiger partial charge is 0.266 e. The van der Waals surface area contributed by atoms with E-state index < -0.39 is 27.6 Å². The van der Waals surface area contributed by atoms with Gasteiger partial charge in [-0.05, 0) is 70.2 Å². The fourth-order valence-electron chi connectivity index (χ4n) is 4.74. The average molecular weight is 521 g/mol. The number of halogens is 2. The molecule has 3 atom stereocenters. The van der Waals surface area contributed by atoms with Gasteiger partial charge in [0.25, 0.3) is 5.91 Å². The molecule has 3 aromatic rings. The zero-order chi connectivity index (χ0) is 26.4. The summed E-state index contributed by atoms with van der Waals surface area (Å²) in [6.45, 7) is 7.69. The summed E-state index contributed by atoms with van der Waals surface area (Å²) in [6.07, 6.45) is 0.258. The number of aromatic nitrogens is 4. The molecule has 1 fully saturated rings. The molecule has 2 heterocycles. The molecule has 36 heavy (non-hydrogen) atoms. The molecule has 1 aliphatic rings. The van der Waals surface area contributed by atoms with Crippen molar-refractivity contribution in [1.82, 2.24) is 24.5 Å². The van der Waals surface area contributed by atoms with Crippen LogP contribution in [0.3, 0.4) is 0 Å². The lowest BCUT2D eigenvalue weighted by Gasteiger charge is -2.32. The van der Waals surface area contributed by atoms with Crippen LogP contribution in [0.2, 0.25) is 0 Å². The van der Waals surface area contributed by atoms with E-state index in [-0.39, 0.29) is 36.4 Å². The van der Waals surface area contributed by atoms with Crippen LogP contribution in [0, 0.1) is 5.92 Å². The number of primary amides is 1. The molecule has 8 nitrogen and oxygen atoms in total. The minimum atomic E-state index is -2.66. The fourth-order valence-corrected chi connectivity index (χ4v) is 5.55. The maximum absolute atomic E-state index is 13.9. The Kier molecular flexibility index (Phi) is 7.09. The monoisotopic (exact) mass is 520 g/mol. The maximum Gasteiger partial charge on any atom is 0.266 e. The van der Waals surface area contributed by atoms with E-state index in [0.29, 0.717) is 24.4 Å². The number of carbonyl (C=O) groups excluding carboxylic acids is 1. The van der Waals surface area contributed by atoms with Crippen molar-refractivity contribution in [3.63, 3.8) is 0 Å². The van der Waals surface area contributed by atoms with Crippen molar-refractivity contribution >= 4 is 27.9 Å². The van der Waals surface area contributed by atoms with Crippen LogP contribution in [0.25, 0.3) is 11.0 Å². The molecule has 1 aliphatic carbocycles. The zero-order valence-electron chi connectivity index (χ0n) is 21.3. The molecule has 0 bridgehead atoms. The third-order valence-corrected chi connectivity index (χ3v) is 8.54. The Bertz CT molecular complexity index is 1290. The lowest BCUT2D eigenvalue weighted by atomic mass is 9.77. The molecule has 0 radical (unpaired) electrons. The van der Waals surface area contributed by atoms with Gasteiger partial charge in [0.1, 0.15) is 11.5 Å². The average Bonchev–Trinajstić information content (AvgIpc) is 3.37. The number of nitrogens with one attached hydrogen (secondary N) is 2. The summed E-state index contributed by atoms with van der Waals surface area (Å²) in [6, 6.07) is 7.26. The van der Waals surface area contributed by atoms with Gasteiger partial charge >= 0.3 is 0 Å². The summed E-state index contributed by atoms with van der Waals surface area (Å²) in [4.78, 5) is 20.0. The molecule has 4 rings (SSSR count). The Hall–Kier alpha value is -2.66. The molecular formula is C25H34F2N6O2S. The molecule has 0 aliphatic heterocycles. The lowest BCUT2D eigenvalue weighted by molar-refractivity contribution is -0.0476. The van der Waals surface area contributed by atoms with Gasteiger partial charge in [-0.15, -0.1) is 0 Å². The molecule has 0 spiro atoms. The third kappa shape index (κ3) is 5.51. The Labute approximate surface area is 212 Å². The minimum Gasteiger partial charge on any atom is -0.364 e. The zero-order valence-corrected chi connectivity index (χ0v) is 22.1. The van der Waals surface area contributed by atoms with E-state index in [0.717, 1.165) is 16.6 Å². The van der Waals surface area contributed by atoms with Crippen molar-refractivity contribution in [2.75, 3.05) is 0 Å². The number of aromatic amines is 1. The minimum absolute atomic E-state index is 0.116. The number of hydrogen-bond acceptors (Lipinski definition) is 4. The molecule has 11 heteroatoms. The first-order chi connectivity index (χ1) is 16.7. The molecule has 0 saturated heterocycles. The molecule has 0 unspecified atom stereocenters. The highest BCUT2D eigenvalue weighted by atomic mass is 32.2. The normalized spacial score (nSPS) is 19.3. The molecule has 2 aromatic heterocycles. The number of benzene rings is 1. The molecule has 4 N–H and O–H groups in total. The quantitative estimate of drug-likeness (QED) is 0.426. The van der Waals surface area contributed by atoms with Crippen LogP contribution in [-0.2, 0) is 18.0 Å². The summed E-state index contributed by atoms with van der Waals surface area (Å²) < 4.78 is 44.6. The molecule has 1 amide bonds. The highest BCUT2D eigenvalue weighted by Crippen LogP contribution is 2.44. The number of alkyl halides is 2. The third-order valence-electron chi connectivity index (χ3n) is 6.86. The summed E-state index contributed by atoms with van der Waals surface area (Å²) in [5.74, 6) is -3.16. The van der Waals surface area contributed by atoms with Gasteiger partial charge in [-0.3, -0.25) is 9.48 Å². The fraction of sp³-hybridized carbons (Fsp3) is 0.560. The van der Waals surface area contributed by atoms with E-state index in [2.05, 4.69) is 14.8 Å². The predicted molar refractivity (Wildman–Crippen MR) is 136 cm³/mol. The number of carbonyl (C=O) groups is 1. The van der Waals surface area contributed by atoms with Gasteiger partial charge in [0.2, 0.25) is 5.92 Å². The van der Waals surface area contributed by atoms with Crippen LogP contribution in [0.15, 0.2) is 24.3 Å². The summed E-state index contributed by atoms with van der Waals surface area (Å²) in [7, 11) is 0.408. The molecular weight excluding hydrogens is 486 g/mol. The van der Waals surface area contributed by atoms with E-state index in [4.69, 9.17) is 10.7 Å². The van der Waals surface area contributed by atoms with Gasteiger partial charge in [-0.1, -0.05) is 6.07 Å². The van der Waals surface area contributed by atoms with Gasteiger partial charge in [0.05, 0.1) is 38.4 Å². The van der Waals surface area contributed by atoms with E-state index in [9.17, 15) is 17.8 Å². The van der Waals surface area contributed by atoms with Crippen LogP contribution in [-0.4, -0.2) is 40.5 Å². The van der Waals surface area contributed by atoms with Crippen molar-refractivity contribution in [2.24, 2.45) is 18.7 Å². The largest absolute Gasteiger partial charge is 0.364 e. The molecule has 1 aromatic carbocycles. The van der Waals surface area contributed by atoms with E-state index >= 15 is 0 Å². The van der Waals surface area contributed by atoms with Crippen LogP contribution >= 0.6 is 0 Å². The second kappa shape index (κ2) is 9.66. The van der Waals surface area contributed by atoms with E-state index in [1.165, 1.54) is 4.68 Å². The van der Waals surface area contributed by atoms with Crippen LogP contribution in [0.4, 0.5) is 8.78 Å². The highest BCUT2D eigenvalue weighted by molar-refractivity contribution is 7.84. The first-order valence-electron chi connectivity index (χ1n) is 12.1. The van der Waals surface area contributed by atoms with Crippen molar-refractivity contribution in [2.45, 2.75) is 76.0 Å². The Morgan fingerprint density at radius 2 is 1.94 bits per heavy atom. The summed E-state index contributed by atoms with van der Waals surface area (Å²) >= 11 is 0. The number of amides is 1. The predicted octanol–water partition coefficient (Wildman–Crippen LogP) is 4.47. The second-order valence-electron chi connectivity index (χ2n) is 10.7. The van der Waals surface area contributed by atoms with Gasteiger partial charge in [0, 0.05) is 25.9 Å². The number of aryl methyl sites for hydroxylation is 1. The summed E-state index contributed by atoms with van der Waals surface area (Å²) in [5.41, 5.74) is 8.79. The molecule has 1 saturated carbocycles. The second-order valence-corrected chi connectivity index (χ2v) is 12.7. The van der Waals surface area contributed by atoms with Crippen LogP contribution in [0.5, 0.6) is 0 Å². The Balaban J connectivity index is 1.69. The Morgan fingerprint density at radius 3 is 2.53 bits per heavy atom. The number of fused-ring (bicyclic) bond motifs is 1. The van der Waals surface area contributed by atoms with Gasteiger partial charge in [0.15, 0.2) is 0 Å². The number of rotatable bonds is 7. The summed E-state index contributed by atoms with van der Waals surface area (Å²) in [5, 5.41) is 4.52. The number of H-pyrrole nitrogens is 1. The van der Waals surface area contributed by atoms with Gasteiger partial charge in [-0.25, -0.2) is 22.7 Å². The van der Waals surface area contributed by atoms with Crippen molar-refractivity contribution in [1.29, 1.82) is 0 Å². The van der Waals surface area contributed by atoms with Crippen molar-refractivity contribution < 1.29 is 17.8 Å². The maximum atomic E-state index is 13.9. The van der Waals surface area contributed by atoms with Crippen LogP contribution in [0.1, 0.15) is 92.9 Å². The van der Waals surface area contributed by atoms with Gasteiger partial charge in [-0.2, -0.15) is 5.10 Å². The standard InChI is InChI=1S/C25H34F2N6O2S/c1-14(32-36(35)24(2,3)4)16-6-7-17-18(12-16)30-23(29-17)21(15-8-10-25(26,27)11-9-15)19-13-20(22(28)34)33(5)31-19/h6-7,12-15,21,32H,8-11H2,1-5H3,(H2,28,34)(H,29,30)/t14-,21+,36+/m1/s1. The SMILES string of the molecule is C[C@@H](N[S@@](=O)C(C)(C)C)c1ccc2nc([C@H](c3cc(C(N)=O)n(C)n3)C3CCC(F)(F)CC3)[nH]c2c1. The van der Waals surface area contributed by atoms with Crippen molar-refractivity contribution in [3.05, 3.63) is 47.0 Å². The van der Waals surface area contributed by atoms with Gasteiger partial charge < -0.3 is 10.7 Å². The highest BCUT2D eigenvalue weighted by Gasteiger charge is 2.40. The molecule has 196 valence electrons. The van der Waals surface area contributed by atoms with Crippen molar-refractivity contribution in [3.8, 4) is 0 Å². The number of hydrogen-bond donors (Lipinski definition) is 3. The van der Waals surface area contributed by atoms with Crippen LogP contribution < -0.4 is 10.5 Å². The first kappa shape index (κ1) is 26.4. The topological polar surface area (TPSA) is 119 Å². The number of imidazole rings is 1.